The SMILES string of the molecule is COC(=O)C(CCSC)NC(=O)c1ccc(OC/C=C/C(N)CS)cc1. The van der Waals surface area contributed by atoms with Crippen molar-refractivity contribution in [1.29, 1.82) is 0 Å². The van der Waals surface area contributed by atoms with Crippen LogP contribution in [0.15, 0.2) is 36.4 Å². The van der Waals surface area contributed by atoms with Crippen LogP contribution in [0.25, 0.3) is 0 Å². The smallest absolute Gasteiger partial charge is 0.328 e. The van der Waals surface area contributed by atoms with Crippen LogP contribution in [0.4, 0.5) is 0 Å². The van der Waals surface area contributed by atoms with E-state index in [0.717, 1.165) is 5.75 Å². The molecule has 8 heteroatoms. The van der Waals surface area contributed by atoms with Crippen LogP contribution in [0, 0.1) is 0 Å². The molecule has 144 valence electrons. The Labute approximate surface area is 164 Å². The molecule has 3 N–H and O–H groups in total. The average molecular weight is 399 g/mol. The second kappa shape index (κ2) is 12.7. The number of benzene rings is 1. The molecule has 0 heterocycles. The zero-order chi connectivity index (χ0) is 19.4. The summed E-state index contributed by atoms with van der Waals surface area (Å²) in [6.07, 6.45) is 6.11. The van der Waals surface area contributed by atoms with Gasteiger partial charge in [0, 0.05) is 17.4 Å². The first-order valence-electron chi connectivity index (χ1n) is 8.15. The third-order valence-corrected chi connectivity index (χ3v) is 4.52. The number of ether oxygens (including phenoxy) is 2. The summed E-state index contributed by atoms with van der Waals surface area (Å²) in [4.78, 5) is 24.1. The first-order valence-corrected chi connectivity index (χ1v) is 10.2. The minimum Gasteiger partial charge on any atom is -0.490 e. The van der Waals surface area contributed by atoms with E-state index in [1.807, 2.05) is 18.4 Å². The third kappa shape index (κ3) is 8.16. The minimum atomic E-state index is -0.656. The van der Waals surface area contributed by atoms with Gasteiger partial charge >= 0.3 is 5.97 Å². The maximum absolute atomic E-state index is 12.3. The highest BCUT2D eigenvalue weighted by atomic mass is 32.2. The molecule has 1 amide bonds. The quantitative estimate of drug-likeness (QED) is 0.300. The van der Waals surface area contributed by atoms with E-state index in [4.69, 9.17) is 15.2 Å². The van der Waals surface area contributed by atoms with Gasteiger partial charge in [-0.1, -0.05) is 6.08 Å². The molecule has 2 atom stereocenters. The summed E-state index contributed by atoms with van der Waals surface area (Å²) >= 11 is 5.70. The second-order valence-electron chi connectivity index (χ2n) is 5.44. The van der Waals surface area contributed by atoms with Crippen molar-refractivity contribution in [1.82, 2.24) is 5.32 Å². The van der Waals surface area contributed by atoms with Crippen LogP contribution in [0.5, 0.6) is 5.75 Å². The van der Waals surface area contributed by atoms with Gasteiger partial charge in [-0.15, -0.1) is 0 Å². The van der Waals surface area contributed by atoms with E-state index in [9.17, 15) is 9.59 Å². The van der Waals surface area contributed by atoms with Gasteiger partial charge in [0.05, 0.1) is 7.11 Å². The number of carbonyl (C=O) groups is 2. The molecule has 0 fully saturated rings. The fraction of sp³-hybridized carbons (Fsp3) is 0.444. The fourth-order valence-electron chi connectivity index (χ4n) is 2.01. The summed E-state index contributed by atoms with van der Waals surface area (Å²) in [5.41, 5.74) is 6.16. The van der Waals surface area contributed by atoms with Gasteiger partial charge in [-0.3, -0.25) is 4.79 Å². The van der Waals surface area contributed by atoms with Crippen molar-refractivity contribution < 1.29 is 19.1 Å². The molecule has 0 aliphatic heterocycles. The van der Waals surface area contributed by atoms with Gasteiger partial charge in [0.25, 0.3) is 5.91 Å². The summed E-state index contributed by atoms with van der Waals surface area (Å²) in [5.74, 6) is 1.19. The van der Waals surface area contributed by atoms with Crippen LogP contribution in [-0.4, -0.2) is 55.4 Å². The fourth-order valence-corrected chi connectivity index (χ4v) is 2.60. The van der Waals surface area contributed by atoms with Gasteiger partial charge in [0.2, 0.25) is 0 Å². The lowest BCUT2D eigenvalue weighted by Crippen LogP contribution is -2.41. The molecule has 6 nitrogen and oxygen atoms in total. The van der Waals surface area contributed by atoms with Crippen molar-refractivity contribution in [2.75, 3.05) is 31.5 Å². The maximum atomic E-state index is 12.3. The summed E-state index contributed by atoms with van der Waals surface area (Å²) in [6, 6.07) is 5.96. The maximum Gasteiger partial charge on any atom is 0.328 e. The highest BCUT2D eigenvalue weighted by Gasteiger charge is 2.21. The molecule has 0 bridgehead atoms. The summed E-state index contributed by atoms with van der Waals surface area (Å²) < 4.78 is 10.3. The van der Waals surface area contributed by atoms with Crippen molar-refractivity contribution in [3.63, 3.8) is 0 Å². The number of hydrogen-bond acceptors (Lipinski definition) is 7. The average Bonchev–Trinajstić information content (AvgIpc) is 2.67. The molecule has 26 heavy (non-hydrogen) atoms. The Morgan fingerprint density at radius 1 is 1.35 bits per heavy atom. The summed E-state index contributed by atoms with van der Waals surface area (Å²) in [7, 11) is 1.31. The lowest BCUT2D eigenvalue weighted by atomic mass is 10.1. The molecular formula is C18H26N2O4S2. The van der Waals surface area contributed by atoms with E-state index in [1.165, 1.54) is 7.11 Å². The van der Waals surface area contributed by atoms with Crippen molar-refractivity contribution in [2.45, 2.75) is 18.5 Å². The van der Waals surface area contributed by atoms with E-state index in [1.54, 1.807) is 36.0 Å². The van der Waals surface area contributed by atoms with Crippen LogP contribution < -0.4 is 15.8 Å². The standard InChI is InChI=1S/C18H26N2O4S2/c1-23-18(22)16(9-11-26-2)20-17(21)13-5-7-15(8-6-13)24-10-3-4-14(19)12-25/h3-8,14,16,25H,9-12,19H2,1-2H3,(H,20,21)/b4-3+. The Kier molecular flexibility index (Phi) is 10.9. The summed E-state index contributed by atoms with van der Waals surface area (Å²) in [5, 5.41) is 2.71. The zero-order valence-electron chi connectivity index (χ0n) is 15.0. The molecule has 1 aromatic rings. The largest absolute Gasteiger partial charge is 0.490 e. The minimum absolute atomic E-state index is 0.0955. The molecule has 0 spiro atoms. The van der Waals surface area contributed by atoms with Gasteiger partial charge in [-0.25, -0.2) is 4.79 Å². The number of nitrogens with two attached hydrogens (primary N) is 1. The Morgan fingerprint density at radius 3 is 2.62 bits per heavy atom. The third-order valence-electron chi connectivity index (χ3n) is 3.46. The number of thiol groups is 1. The molecule has 1 rings (SSSR count). The predicted molar refractivity (Wildman–Crippen MR) is 109 cm³/mol. The van der Waals surface area contributed by atoms with Gasteiger partial charge < -0.3 is 20.5 Å². The van der Waals surface area contributed by atoms with Crippen molar-refractivity contribution in [2.24, 2.45) is 5.73 Å². The van der Waals surface area contributed by atoms with Crippen LogP contribution in [0.1, 0.15) is 16.8 Å². The number of hydrogen-bond donors (Lipinski definition) is 3. The Hall–Kier alpha value is -1.64. The zero-order valence-corrected chi connectivity index (χ0v) is 16.7. The van der Waals surface area contributed by atoms with E-state index in [2.05, 4.69) is 17.9 Å². The number of amides is 1. The molecule has 0 aliphatic rings. The van der Waals surface area contributed by atoms with Crippen LogP contribution in [0.2, 0.25) is 0 Å². The molecule has 1 aromatic carbocycles. The molecular weight excluding hydrogens is 372 g/mol. The lowest BCUT2D eigenvalue weighted by Gasteiger charge is -2.16. The first kappa shape index (κ1) is 22.4. The number of nitrogens with one attached hydrogen (secondary N) is 1. The monoisotopic (exact) mass is 398 g/mol. The van der Waals surface area contributed by atoms with Gasteiger partial charge in [0.1, 0.15) is 18.4 Å². The molecule has 0 saturated heterocycles. The topological polar surface area (TPSA) is 90.6 Å². The van der Waals surface area contributed by atoms with Crippen molar-refractivity contribution >= 4 is 36.3 Å². The van der Waals surface area contributed by atoms with Crippen LogP contribution in [-0.2, 0) is 9.53 Å². The summed E-state index contributed by atoms with van der Waals surface area (Å²) in [6.45, 7) is 0.381. The number of methoxy groups -OCH3 is 1. The Balaban J connectivity index is 2.59. The Morgan fingerprint density at radius 2 is 2.04 bits per heavy atom. The number of thioether (sulfide) groups is 1. The van der Waals surface area contributed by atoms with Crippen LogP contribution >= 0.6 is 24.4 Å². The van der Waals surface area contributed by atoms with Crippen molar-refractivity contribution in [3.05, 3.63) is 42.0 Å². The molecule has 0 aliphatic carbocycles. The van der Waals surface area contributed by atoms with Crippen molar-refractivity contribution in [3.8, 4) is 5.75 Å². The van der Waals surface area contributed by atoms with E-state index < -0.39 is 12.0 Å². The number of rotatable bonds is 11. The molecule has 0 radical (unpaired) electrons. The molecule has 0 aromatic heterocycles. The second-order valence-corrected chi connectivity index (χ2v) is 6.79. The first-order chi connectivity index (χ1) is 12.5. The molecule has 0 saturated carbocycles. The highest BCUT2D eigenvalue weighted by molar-refractivity contribution is 7.98. The Bertz CT molecular complexity index is 593. The highest BCUT2D eigenvalue weighted by Crippen LogP contribution is 2.13. The van der Waals surface area contributed by atoms with Gasteiger partial charge in [-0.05, 0) is 48.8 Å². The van der Waals surface area contributed by atoms with E-state index >= 15 is 0 Å². The molecule has 2 unspecified atom stereocenters. The van der Waals surface area contributed by atoms with E-state index in [-0.39, 0.29) is 11.9 Å². The van der Waals surface area contributed by atoms with Gasteiger partial charge in [0.15, 0.2) is 0 Å². The number of carbonyl (C=O) groups excluding carboxylic acids is 2. The van der Waals surface area contributed by atoms with Crippen LogP contribution in [0.3, 0.4) is 0 Å². The van der Waals surface area contributed by atoms with Gasteiger partial charge in [-0.2, -0.15) is 24.4 Å². The predicted octanol–water partition coefficient (Wildman–Crippen LogP) is 1.90. The normalized spacial score (nSPS) is 13.2. The van der Waals surface area contributed by atoms with E-state index in [0.29, 0.717) is 30.1 Å². The number of esters is 1. The lowest BCUT2D eigenvalue weighted by molar-refractivity contribution is -0.142.